The molecule has 1 N–H and O–H groups in total. The molecule has 0 bridgehead atoms. The molecular weight excluding hydrogens is 391 g/mol. The number of amides is 1. The zero-order valence-electron chi connectivity index (χ0n) is 16.0. The summed E-state index contributed by atoms with van der Waals surface area (Å²) in [5, 5.41) is 7.60. The molecule has 1 amide bonds. The molecule has 0 saturated carbocycles. The van der Waals surface area contributed by atoms with Crippen LogP contribution >= 0.6 is 11.3 Å². The fourth-order valence-electron chi connectivity index (χ4n) is 2.92. The van der Waals surface area contributed by atoms with Crippen molar-refractivity contribution in [2.45, 2.75) is 20.8 Å². The van der Waals surface area contributed by atoms with Crippen molar-refractivity contribution >= 4 is 23.1 Å². The molecule has 0 saturated heterocycles. The van der Waals surface area contributed by atoms with Crippen molar-refractivity contribution in [2.75, 3.05) is 5.32 Å². The van der Waals surface area contributed by atoms with Gasteiger partial charge in [0.25, 0.3) is 5.91 Å². The zero-order chi connectivity index (χ0) is 20.5. The van der Waals surface area contributed by atoms with Gasteiger partial charge in [0.05, 0.1) is 11.4 Å². The molecule has 7 nitrogen and oxygen atoms in total. The number of carbonyl (C=O) groups is 1. The Balaban J connectivity index is 1.60. The van der Waals surface area contributed by atoms with Crippen LogP contribution in [0.3, 0.4) is 0 Å². The first-order valence-electron chi connectivity index (χ1n) is 8.82. The quantitative estimate of drug-likeness (QED) is 0.549. The number of aromatic nitrogens is 5. The summed E-state index contributed by atoms with van der Waals surface area (Å²) in [6.45, 7) is 5.54. The van der Waals surface area contributed by atoms with E-state index in [-0.39, 0.29) is 11.7 Å². The average Bonchev–Trinajstić information content (AvgIpc) is 3.24. The van der Waals surface area contributed by atoms with Crippen molar-refractivity contribution < 1.29 is 9.18 Å². The molecule has 0 unspecified atom stereocenters. The molecular formula is C20H17FN6OS. The Morgan fingerprint density at radius 3 is 2.66 bits per heavy atom. The lowest BCUT2D eigenvalue weighted by atomic mass is 10.2. The maximum Gasteiger partial charge on any atom is 0.268 e. The maximum atomic E-state index is 14.0. The van der Waals surface area contributed by atoms with Gasteiger partial charge in [-0.3, -0.25) is 4.79 Å². The highest BCUT2D eigenvalue weighted by atomic mass is 32.1. The van der Waals surface area contributed by atoms with E-state index in [9.17, 15) is 9.18 Å². The van der Waals surface area contributed by atoms with Gasteiger partial charge >= 0.3 is 0 Å². The third-order valence-corrected chi connectivity index (χ3v) is 5.42. The van der Waals surface area contributed by atoms with Gasteiger partial charge < -0.3 is 5.32 Å². The second kappa shape index (κ2) is 7.51. The molecule has 4 aromatic rings. The molecule has 0 aliphatic rings. The van der Waals surface area contributed by atoms with Gasteiger partial charge in [-0.05, 0) is 39.0 Å². The van der Waals surface area contributed by atoms with Crippen LogP contribution in [-0.2, 0) is 0 Å². The molecule has 3 aromatic heterocycles. The van der Waals surface area contributed by atoms with Crippen molar-refractivity contribution in [3.05, 3.63) is 70.5 Å². The minimum Gasteiger partial charge on any atom is -0.306 e. The maximum absolute atomic E-state index is 14.0. The highest BCUT2D eigenvalue weighted by Gasteiger charge is 2.19. The molecule has 0 fully saturated rings. The third-order valence-electron chi connectivity index (χ3n) is 4.23. The Labute approximate surface area is 170 Å². The highest BCUT2D eigenvalue weighted by Crippen LogP contribution is 2.30. The van der Waals surface area contributed by atoms with Crippen LogP contribution in [0.1, 0.15) is 26.8 Å². The number of thiazole rings is 1. The molecule has 9 heteroatoms. The monoisotopic (exact) mass is 408 g/mol. The minimum absolute atomic E-state index is 0.341. The van der Waals surface area contributed by atoms with E-state index in [1.165, 1.54) is 12.4 Å². The lowest BCUT2D eigenvalue weighted by molar-refractivity contribution is 0.102. The topological polar surface area (TPSA) is 85.6 Å². The van der Waals surface area contributed by atoms with E-state index in [2.05, 4.69) is 25.4 Å². The number of benzene rings is 1. The number of nitrogens with zero attached hydrogens (tertiary/aromatic N) is 5. The van der Waals surface area contributed by atoms with E-state index in [0.717, 1.165) is 22.7 Å². The average molecular weight is 408 g/mol. The molecule has 0 aliphatic carbocycles. The number of aryl methyl sites for hydroxylation is 3. The predicted octanol–water partition coefficient (Wildman–Crippen LogP) is 4.10. The van der Waals surface area contributed by atoms with E-state index in [4.69, 9.17) is 0 Å². The Kier molecular flexibility index (Phi) is 4.89. The number of halogens is 1. The molecule has 0 spiro atoms. The van der Waals surface area contributed by atoms with Crippen LogP contribution in [0, 0.1) is 26.6 Å². The van der Waals surface area contributed by atoms with Gasteiger partial charge in [0.1, 0.15) is 27.8 Å². The highest BCUT2D eigenvalue weighted by molar-refractivity contribution is 7.17. The van der Waals surface area contributed by atoms with Crippen LogP contribution in [-0.4, -0.2) is 30.6 Å². The Bertz CT molecular complexity index is 1220. The molecule has 1 aromatic carbocycles. The number of hydrogen-bond acceptors (Lipinski definition) is 6. The van der Waals surface area contributed by atoms with Crippen molar-refractivity contribution in [1.29, 1.82) is 0 Å². The summed E-state index contributed by atoms with van der Waals surface area (Å²) < 4.78 is 15.7. The van der Waals surface area contributed by atoms with E-state index < -0.39 is 0 Å². The minimum atomic E-state index is -0.376. The summed E-state index contributed by atoms with van der Waals surface area (Å²) in [6.07, 6.45) is 1.37. The largest absolute Gasteiger partial charge is 0.306 e. The Hall–Kier alpha value is -3.46. The summed E-state index contributed by atoms with van der Waals surface area (Å²) in [7, 11) is 0. The summed E-state index contributed by atoms with van der Waals surface area (Å²) in [5.41, 5.74) is 2.69. The van der Waals surface area contributed by atoms with Crippen LogP contribution < -0.4 is 5.32 Å². The van der Waals surface area contributed by atoms with Crippen LogP contribution in [0.2, 0.25) is 0 Å². The lowest BCUT2D eigenvalue weighted by Crippen LogP contribution is -2.13. The number of nitrogens with one attached hydrogen (secondary N) is 1. The van der Waals surface area contributed by atoms with Gasteiger partial charge in [0, 0.05) is 17.3 Å². The van der Waals surface area contributed by atoms with Crippen LogP contribution in [0.4, 0.5) is 10.2 Å². The summed E-state index contributed by atoms with van der Waals surface area (Å²) in [5.74, 6) is 0.154. The Morgan fingerprint density at radius 2 is 1.93 bits per heavy atom. The molecule has 29 heavy (non-hydrogen) atoms. The number of carbonyl (C=O) groups excluding carboxylic acids is 1. The number of hydrogen-bond donors (Lipinski definition) is 1. The fourth-order valence-corrected chi connectivity index (χ4v) is 3.91. The number of rotatable bonds is 4. The van der Waals surface area contributed by atoms with Crippen molar-refractivity contribution in [2.24, 2.45) is 0 Å². The molecule has 0 radical (unpaired) electrons. The van der Waals surface area contributed by atoms with Crippen molar-refractivity contribution in [3.8, 4) is 16.4 Å². The lowest BCUT2D eigenvalue weighted by Gasteiger charge is -2.06. The molecule has 3 heterocycles. The summed E-state index contributed by atoms with van der Waals surface area (Å²) >= 11 is 1.14. The van der Waals surface area contributed by atoms with Gasteiger partial charge in [-0.25, -0.2) is 24.0 Å². The predicted molar refractivity (Wildman–Crippen MR) is 109 cm³/mol. The second-order valence-corrected chi connectivity index (χ2v) is 7.47. The molecule has 146 valence electrons. The number of anilines is 1. The smallest absolute Gasteiger partial charge is 0.268 e. The molecule has 0 atom stereocenters. The third kappa shape index (κ3) is 3.77. The fraction of sp³-hybridized carbons (Fsp3) is 0.150. The first-order valence-corrected chi connectivity index (χ1v) is 9.63. The van der Waals surface area contributed by atoms with Gasteiger partial charge in [-0.15, -0.1) is 11.3 Å². The van der Waals surface area contributed by atoms with E-state index in [1.807, 2.05) is 19.9 Å². The van der Waals surface area contributed by atoms with Gasteiger partial charge in [-0.2, -0.15) is 5.10 Å². The van der Waals surface area contributed by atoms with Crippen molar-refractivity contribution in [3.63, 3.8) is 0 Å². The van der Waals surface area contributed by atoms with E-state index >= 15 is 0 Å². The summed E-state index contributed by atoms with van der Waals surface area (Å²) in [4.78, 5) is 25.9. The zero-order valence-corrected chi connectivity index (χ0v) is 16.8. The second-order valence-electron chi connectivity index (χ2n) is 6.47. The van der Waals surface area contributed by atoms with Crippen LogP contribution in [0.15, 0.2) is 42.7 Å². The van der Waals surface area contributed by atoms with E-state index in [0.29, 0.717) is 32.8 Å². The van der Waals surface area contributed by atoms with Crippen LogP contribution in [0.25, 0.3) is 16.4 Å². The standard InChI is InChI=1S/C20H17FN6OS/c1-11-8-12(2)27(26-11)17-9-16(22-10-23-17)25-19(28)18-13(3)24-20(29-18)14-6-4-5-7-15(14)21/h4-10H,1-3H3,(H,22,23,25,28). The molecule has 4 rings (SSSR count). The van der Waals surface area contributed by atoms with Gasteiger partial charge in [-0.1, -0.05) is 12.1 Å². The van der Waals surface area contributed by atoms with Crippen LogP contribution in [0.5, 0.6) is 0 Å². The Morgan fingerprint density at radius 1 is 1.14 bits per heavy atom. The molecule has 0 aliphatic heterocycles. The normalized spacial score (nSPS) is 10.9. The van der Waals surface area contributed by atoms with Gasteiger partial charge in [0.15, 0.2) is 5.82 Å². The van der Waals surface area contributed by atoms with E-state index in [1.54, 1.807) is 35.9 Å². The SMILES string of the molecule is Cc1cc(C)n(-c2cc(NC(=O)c3sc(-c4ccccc4F)nc3C)ncn2)n1. The summed E-state index contributed by atoms with van der Waals surface area (Å²) in [6, 6.07) is 9.93. The van der Waals surface area contributed by atoms with Gasteiger partial charge in [0.2, 0.25) is 0 Å². The first kappa shape index (κ1) is 18.9. The first-order chi connectivity index (χ1) is 13.9. The van der Waals surface area contributed by atoms with Crippen molar-refractivity contribution in [1.82, 2.24) is 24.7 Å².